The molecule has 0 radical (unpaired) electrons. The summed E-state index contributed by atoms with van der Waals surface area (Å²) in [7, 11) is 0. The number of pyridine rings is 1. The second kappa shape index (κ2) is 6.13. The van der Waals surface area contributed by atoms with E-state index < -0.39 is 0 Å². The normalized spacial score (nSPS) is 11.0. The third kappa shape index (κ3) is 3.52. The fourth-order valence-electron chi connectivity index (χ4n) is 1.88. The topological polar surface area (TPSA) is 24.9 Å². The molecule has 0 amide bonds. The smallest absolute Gasteiger partial charge is 0.149 e. The Balaban J connectivity index is 2.42. The molecule has 2 aromatic rings. The summed E-state index contributed by atoms with van der Waals surface area (Å²) >= 11 is 6.03. The first-order valence-corrected chi connectivity index (χ1v) is 6.57. The van der Waals surface area contributed by atoms with Gasteiger partial charge in [0, 0.05) is 29.4 Å². The Labute approximate surface area is 117 Å². The van der Waals surface area contributed by atoms with E-state index in [2.05, 4.69) is 24.1 Å². The highest BCUT2D eigenvalue weighted by molar-refractivity contribution is 6.30. The van der Waals surface area contributed by atoms with Crippen LogP contribution >= 0.6 is 11.6 Å². The van der Waals surface area contributed by atoms with E-state index in [1.807, 2.05) is 12.1 Å². The molecular formula is C15H16ClFN2. The van der Waals surface area contributed by atoms with Gasteiger partial charge in [-0.2, -0.15) is 0 Å². The van der Waals surface area contributed by atoms with E-state index in [1.54, 1.807) is 18.3 Å². The quantitative estimate of drug-likeness (QED) is 0.913. The van der Waals surface area contributed by atoms with Crippen LogP contribution in [0, 0.1) is 5.82 Å². The van der Waals surface area contributed by atoms with E-state index in [0.29, 0.717) is 23.2 Å². The minimum absolute atomic E-state index is 0.324. The molecule has 0 unspecified atom stereocenters. The Bertz CT molecular complexity index is 570. The molecule has 19 heavy (non-hydrogen) atoms. The molecular weight excluding hydrogens is 263 g/mol. The van der Waals surface area contributed by atoms with Gasteiger partial charge in [0.05, 0.1) is 6.20 Å². The summed E-state index contributed by atoms with van der Waals surface area (Å²) in [6.07, 6.45) is 2.82. The lowest BCUT2D eigenvalue weighted by molar-refractivity contribution is 0.588. The molecule has 1 aromatic carbocycles. The lowest BCUT2D eigenvalue weighted by Crippen LogP contribution is -2.22. The van der Waals surface area contributed by atoms with Gasteiger partial charge in [-0.15, -0.1) is 0 Å². The van der Waals surface area contributed by atoms with Crippen LogP contribution in [-0.4, -0.2) is 11.0 Å². The zero-order valence-electron chi connectivity index (χ0n) is 11.0. The van der Waals surface area contributed by atoms with Gasteiger partial charge in [-0.25, -0.2) is 4.39 Å². The van der Waals surface area contributed by atoms with Gasteiger partial charge in [-0.05, 0) is 29.3 Å². The van der Waals surface area contributed by atoms with Crippen molar-refractivity contribution >= 4 is 11.6 Å². The molecule has 0 aliphatic rings. The minimum atomic E-state index is -0.324. The first-order valence-electron chi connectivity index (χ1n) is 6.19. The molecule has 2 nitrogen and oxygen atoms in total. The number of halogens is 2. The Morgan fingerprint density at radius 1 is 1.26 bits per heavy atom. The Morgan fingerprint density at radius 2 is 2.05 bits per heavy atom. The molecule has 1 heterocycles. The zero-order chi connectivity index (χ0) is 13.8. The SMILES string of the molecule is CC(C)NCc1cc(Cl)ccc1-c1ccncc1F. The predicted octanol–water partition coefficient (Wildman–Crippen LogP) is 4.04. The molecule has 0 fully saturated rings. The van der Waals surface area contributed by atoms with Crippen molar-refractivity contribution in [3.63, 3.8) is 0 Å². The fourth-order valence-corrected chi connectivity index (χ4v) is 2.07. The van der Waals surface area contributed by atoms with Crippen LogP contribution < -0.4 is 5.32 Å². The van der Waals surface area contributed by atoms with Crippen molar-refractivity contribution in [3.05, 3.63) is 53.1 Å². The summed E-state index contributed by atoms with van der Waals surface area (Å²) in [5, 5.41) is 3.97. The Morgan fingerprint density at radius 3 is 2.74 bits per heavy atom. The van der Waals surface area contributed by atoms with E-state index in [9.17, 15) is 4.39 Å². The van der Waals surface area contributed by atoms with E-state index in [0.717, 1.165) is 11.1 Å². The summed E-state index contributed by atoms with van der Waals surface area (Å²) < 4.78 is 13.8. The number of nitrogens with one attached hydrogen (secondary N) is 1. The van der Waals surface area contributed by atoms with Gasteiger partial charge >= 0.3 is 0 Å². The van der Waals surface area contributed by atoms with Gasteiger partial charge in [0.1, 0.15) is 5.82 Å². The molecule has 4 heteroatoms. The third-order valence-electron chi connectivity index (χ3n) is 2.83. The molecule has 0 saturated carbocycles. The molecule has 0 spiro atoms. The number of nitrogens with zero attached hydrogens (tertiary/aromatic N) is 1. The van der Waals surface area contributed by atoms with Crippen molar-refractivity contribution in [2.75, 3.05) is 0 Å². The van der Waals surface area contributed by atoms with Crippen molar-refractivity contribution in [1.29, 1.82) is 0 Å². The van der Waals surface area contributed by atoms with Crippen molar-refractivity contribution in [1.82, 2.24) is 10.3 Å². The van der Waals surface area contributed by atoms with Crippen LogP contribution in [0.3, 0.4) is 0 Å². The molecule has 0 bridgehead atoms. The van der Waals surface area contributed by atoms with Crippen LogP contribution in [-0.2, 0) is 6.54 Å². The highest BCUT2D eigenvalue weighted by Gasteiger charge is 2.10. The van der Waals surface area contributed by atoms with Gasteiger partial charge < -0.3 is 5.32 Å². The maximum absolute atomic E-state index is 13.8. The molecule has 2 rings (SSSR count). The lowest BCUT2D eigenvalue weighted by Gasteiger charge is -2.13. The van der Waals surface area contributed by atoms with E-state index in [4.69, 9.17) is 11.6 Å². The molecule has 1 aromatic heterocycles. The third-order valence-corrected chi connectivity index (χ3v) is 3.07. The van der Waals surface area contributed by atoms with Gasteiger partial charge in [-0.3, -0.25) is 4.98 Å². The summed E-state index contributed by atoms with van der Waals surface area (Å²) in [6, 6.07) is 7.52. The highest BCUT2D eigenvalue weighted by Crippen LogP contribution is 2.28. The number of hydrogen-bond donors (Lipinski definition) is 1. The second-order valence-corrected chi connectivity index (χ2v) is 5.13. The van der Waals surface area contributed by atoms with Crippen LogP contribution in [0.15, 0.2) is 36.7 Å². The second-order valence-electron chi connectivity index (χ2n) is 4.69. The summed E-state index contributed by atoms with van der Waals surface area (Å²) in [4.78, 5) is 3.78. The standard InChI is InChI=1S/C15H16ClFN2/c1-10(2)19-8-11-7-12(16)3-4-13(11)14-5-6-18-9-15(14)17/h3-7,9-10,19H,8H2,1-2H3. The number of hydrogen-bond acceptors (Lipinski definition) is 2. The van der Waals surface area contributed by atoms with Crippen LogP contribution in [0.25, 0.3) is 11.1 Å². The average molecular weight is 279 g/mol. The van der Waals surface area contributed by atoms with E-state index in [-0.39, 0.29) is 5.82 Å². The fraction of sp³-hybridized carbons (Fsp3) is 0.267. The van der Waals surface area contributed by atoms with E-state index in [1.165, 1.54) is 6.20 Å². The van der Waals surface area contributed by atoms with Crippen molar-refractivity contribution in [2.45, 2.75) is 26.4 Å². The van der Waals surface area contributed by atoms with Crippen LogP contribution in [0.5, 0.6) is 0 Å². The van der Waals surface area contributed by atoms with Crippen LogP contribution in [0.1, 0.15) is 19.4 Å². The van der Waals surface area contributed by atoms with Crippen molar-refractivity contribution < 1.29 is 4.39 Å². The van der Waals surface area contributed by atoms with Gasteiger partial charge in [0.15, 0.2) is 0 Å². The van der Waals surface area contributed by atoms with E-state index >= 15 is 0 Å². The molecule has 0 atom stereocenters. The molecule has 1 N–H and O–H groups in total. The maximum atomic E-state index is 13.8. The molecule has 0 aliphatic heterocycles. The minimum Gasteiger partial charge on any atom is -0.310 e. The first kappa shape index (κ1) is 14.0. The number of benzene rings is 1. The van der Waals surface area contributed by atoms with Gasteiger partial charge in [0.2, 0.25) is 0 Å². The molecule has 100 valence electrons. The average Bonchev–Trinajstić information content (AvgIpc) is 2.37. The lowest BCUT2D eigenvalue weighted by atomic mass is 10.00. The van der Waals surface area contributed by atoms with Gasteiger partial charge in [-0.1, -0.05) is 31.5 Å². The maximum Gasteiger partial charge on any atom is 0.149 e. The molecule has 0 saturated heterocycles. The van der Waals surface area contributed by atoms with Crippen LogP contribution in [0.2, 0.25) is 5.02 Å². The summed E-state index contributed by atoms with van der Waals surface area (Å²) in [6.45, 7) is 4.78. The highest BCUT2D eigenvalue weighted by atomic mass is 35.5. The first-order chi connectivity index (χ1) is 9.08. The number of aromatic nitrogens is 1. The monoisotopic (exact) mass is 278 g/mol. The zero-order valence-corrected chi connectivity index (χ0v) is 11.7. The number of rotatable bonds is 4. The Kier molecular flexibility index (Phi) is 4.51. The Hall–Kier alpha value is -1.45. The van der Waals surface area contributed by atoms with Gasteiger partial charge in [0.25, 0.3) is 0 Å². The van der Waals surface area contributed by atoms with Crippen molar-refractivity contribution in [3.8, 4) is 11.1 Å². The predicted molar refractivity (Wildman–Crippen MR) is 76.6 cm³/mol. The molecule has 0 aliphatic carbocycles. The largest absolute Gasteiger partial charge is 0.310 e. The summed E-state index contributed by atoms with van der Waals surface area (Å²) in [5.74, 6) is -0.324. The summed E-state index contributed by atoms with van der Waals surface area (Å²) in [5.41, 5.74) is 2.37. The van der Waals surface area contributed by atoms with Crippen LogP contribution in [0.4, 0.5) is 4.39 Å². The van der Waals surface area contributed by atoms with Crippen molar-refractivity contribution in [2.24, 2.45) is 0 Å².